The molecule has 2 atom stereocenters. The van der Waals surface area contributed by atoms with Crippen LogP contribution in [0.4, 0.5) is 5.69 Å². The Hall–Kier alpha value is -2.72. The average Bonchev–Trinajstić information content (AvgIpc) is 2.62. The molecular weight excluding hydrogens is 350 g/mol. The van der Waals surface area contributed by atoms with E-state index in [-0.39, 0.29) is 23.9 Å². The van der Waals surface area contributed by atoms with Crippen LogP contribution in [0.25, 0.3) is 0 Å². The molecule has 5 heteroatoms. The van der Waals surface area contributed by atoms with Gasteiger partial charge in [-0.2, -0.15) is 0 Å². The van der Waals surface area contributed by atoms with Gasteiger partial charge in [-0.05, 0) is 42.8 Å². The first-order chi connectivity index (χ1) is 12.4. The molecule has 1 aliphatic rings. The second-order valence-electron chi connectivity index (χ2n) is 6.54. The fourth-order valence-electron chi connectivity index (χ4n) is 3.07. The number of anilines is 1. The monoisotopic (exact) mass is 367 g/mol. The molecule has 26 heavy (non-hydrogen) atoms. The highest BCUT2D eigenvalue weighted by molar-refractivity contribution is 6.30. The Bertz CT molecular complexity index is 874. The van der Waals surface area contributed by atoms with Gasteiger partial charge in [0.05, 0.1) is 11.3 Å². The minimum absolute atomic E-state index is 0.200. The summed E-state index contributed by atoms with van der Waals surface area (Å²) in [7, 11) is 0. The van der Waals surface area contributed by atoms with Crippen LogP contribution in [-0.4, -0.2) is 17.5 Å². The van der Waals surface area contributed by atoms with Gasteiger partial charge in [-0.1, -0.05) is 48.0 Å². The highest BCUT2D eigenvalue weighted by Crippen LogP contribution is 2.37. The summed E-state index contributed by atoms with van der Waals surface area (Å²) in [6.07, 6.45) is 2.79. The van der Waals surface area contributed by atoms with Crippen molar-refractivity contribution in [1.29, 1.82) is 0 Å². The van der Waals surface area contributed by atoms with Gasteiger partial charge in [-0.15, -0.1) is 0 Å². The minimum atomic E-state index is -1.39. The van der Waals surface area contributed by atoms with Crippen LogP contribution in [0, 0.1) is 5.41 Å². The third kappa shape index (κ3) is 3.60. The Morgan fingerprint density at radius 1 is 1.08 bits per heavy atom. The number of hydrogen-bond acceptors (Lipinski definition) is 3. The van der Waals surface area contributed by atoms with E-state index in [4.69, 9.17) is 11.6 Å². The lowest BCUT2D eigenvalue weighted by Crippen LogP contribution is -2.43. The molecule has 4 nitrogen and oxygen atoms in total. The van der Waals surface area contributed by atoms with Crippen LogP contribution >= 0.6 is 11.6 Å². The molecule has 2 unspecified atom stereocenters. The zero-order chi connectivity index (χ0) is 18.7. The first-order valence-corrected chi connectivity index (χ1v) is 8.65. The summed E-state index contributed by atoms with van der Waals surface area (Å²) in [5.41, 5.74) is -0.0165. The largest absolute Gasteiger partial charge is 0.326 e. The summed E-state index contributed by atoms with van der Waals surface area (Å²) in [6, 6.07) is 15.9. The quantitative estimate of drug-likeness (QED) is 0.825. The van der Waals surface area contributed by atoms with E-state index in [2.05, 4.69) is 5.32 Å². The molecule has 0 aliphatic heterocycles. The van der Waals surface area contributed by atoms with Crippen molar-refractivity contribution >= 4 is 34.8 Å². The normalized spacial score (nSPS) is 22.3. The van der Waals surface area contributed by atoms with E-state index in [1.165, 1.54) is 13.0 Å². The lowest BCUT2D eigenvalue weighted by molar-refractivity contribution is -0.141. The number of ketones is 2. The molecule has 0 bridgehead atoms. The molecule has 132 valence electrons. The van der Waals surface area contributed by atoms with Crippen molar-refractivity contribution < 1.29 is 14.4 Å². The zero-order valence-electron chi connectivity index (χ0n) is 14.2. The van der Waals surface area contributed by atoms with E-state index in [9.17, 15) is 14.4 Å². The number of carbonyl (C=O) groups is 3. The number of benzene rings is 2. The molecule has 1 N–H and O–H groups in total. The Balaban J connectivity index is 1.81. The molecule has 0 saturated heterocycles. The Kier molecular flexibility index (Phi) is 5.05. The van der Waals surface area contributed by atoms with Crippen LogP contribution in [-0.2, 0) is 14.4 Å². The number of para-hydroxylation sites is 1. The molecule has 1 aliphatic carbocycles. The van der Waals surface area contributed by atoms with Crippen molar-refractivity contribution in [2.45, 2.75) is 19.3 Å². The molecule has 0 aromatic heterocycles. The van der Waals surface area contributed by atoms with Gasteiger partial charge >= 0.3 is 0 Å². The molecule has 0 saturated carbocycles. The molecular formula is C21H18ClNO3. The summed E-state index contributed by atoms with van der Waals surface area (Å²) in [5, 5.41) is 3.30. The summed E-state index contributed by atoms with van der Waals surface area (Å²) >= 11 is 5.90. The summed E-state index contributed by atoms with van der Waals surface area (Å²) in [6.45, 7) is 1.54. The maximum Gasteiger partial charge on any atom is 0.225 e. The van der Waals surface area contributed by atoms with E-state index in [1.807, 2.05) is 6.07 Å². The van der Waals surface area contributed by atoms with Gasteiger partial charge in [0, 0.05) is 17.1 Å². The molecule has 3 rings (SSSR count). The SMILES string of the molecule is CC1(CC(=O)Nc2ccccc2)C(=O)C=CC(c2ccc(Cl)cc2)C1=O. The first-order valence-electron chi connectivity index (χ1n) is 8.27. The highest BCUT2D eigenvalue weighted by atomic mass is 35.5. The van der Waals surface area contributed by atoms with Crippen molar-refractivity contribution in [3.63, 3.8) is 0 Å². The smallest absolute Gasteiger partial charge is 0.225 e. The van der Waals surface area contributed by atoms with Gasteiger partial charge in [0.15, 0.2) is 11.6 Å². The van der Waals surface area contributed by atoms with Crippen LogP contribution in [0.5, 0.6) is 0 Å². The van der Waals surface area contributed by atoms with Crippen molar-refractivity contribution in [3.05, 3.63) is 77.3 Å². The lowest BCUT2D eigenvalue weighted by atomic mass is 9.68. The maximum absolute atomic E-state index is 13.0. The molecule has 0 spiro atoms. The van der Waals surface area contributed by atoms with Crippen molar-refractivity contribution in [2.75, 3.05) is 5.32 Å². The van der Waals surface area contributed by atoms with Crippen LogP contribution in [0.15, 0.2) is 66.7 Å². The topological polar surface area (TPSA) is 63.2 Å². The summed E-state index contributed by atoms with van der Waals surface area (Å²) in [4.78, 5) is 37.9. The maximum atomic E-state index is 13.0. The third-order valence-electron chi connectivity index (χ3n) is 4.61. The zero-order valence-corrected chi connectivity index (χ0v) is 15.0. The van der Waals surface area contributed by atoms with E-state index in [0.717, 1.165) is 5.56 Å². The van der Waals surface area contributed by atoms with Crippen LogP contribution in [0.3, 0.4) is 0 Å². The minimum Gasteiger partial charge on any atom is -0.326 e. The number of halogens is 1. The van der Waals surface area contributed by atoms with Crippen LogP contribution in [0.1, 0.15) is 24.8 Å². The van der Waals surface area contributed by atoms with Gasteiger partial charge < -0.3 is 5.32 Å². The highest BCUT2D eigenvalue weighted by Gasteiger charge is 2.46. The Labute approximate surface area is 156 Å². The predicted molar refractivity (Wildman–Crippen MR) is 101 cm³/mol. The molecule has 1 amide bonds. The van der Waals surface area contributed by atoms with Gasteiger partial charge in [0.2, 0.25) is 5.91 Å². The van der Waals surface area contributed by atoms with Gasteiger partial charge in [-0.25, -0.2) is 0 Å². The van der Waals surface area contributed by atoms with E-state index >= 15 is 0 Å². The number of nitrogens with one attached hydrogen (secondary N) is 1. The van der Waals surface area contributed by atoms with Crippen molar-refractivity contribution in [2.24, 2.45) is 5.41 Å². The average molecular weight is 368 g/mol. The molecule has 0 fully saturated rings. The molecule has 2 aromatic carbocycles. The summed E-state index contributed by atoms with van der Waals surface area (Å²) < 4.78 is 0. The standard InChI is InChI=1S/C21H18ClNO3/c1-21(13-19(25)23-16-5-3-2-4-6-16)18(24)12-11-17(20(21)26)14-7-9-15(22)10-8-14/h2-12,17H,13H2,1H3,(H,23,25). The predicted octanol–water partition coefficient (Wildman–Crippen LogP) is 4.17. The molecule has 2 aromatic rings. The van der Waals surface area contributed by atoms with Crippen LogP contribution in [0.2, 0.25) is 5.02 Å². The van der Waals surface area contributed by atoms with E-state index in [1.54, 1.807) is 54.6 Å². The molecule has 0 heterocycles. The second kappa shape index (κ2) is 7.26. The second-order valence-corrected chi connectivity index (χ2v) is 6.98. The number of carbonyl (C=O) groups excluding carboxylic acids is 3. The Morgan fingerprint density at radius 2 is 1.73 bits per heavy atom. The summed E-state index contributed by atoms with van der Waals surface area (Å²) in [5.74, 6) is -1.57. The van der Waals surface area contributed by atoms with Gasteiger partial charge in [0.25, 0.3) is 0 Å². The third-order valence-corrected chi connectivity index (χ3v) is 4.86. The van der Waals surface area contributed by atoms with Gasteiger partial charge in [-0.3, -0.25) is 14.4 Å². The number of hydrogen-bond donors (Lipinski definition) is 1. The first kappa shape index (κ1) is 18.1. The van der Waals surface area contributed by atoms with Gasteiger partial charge in [0.1, 0.15) is 0 Å². The van der Waals surface area contributed by atoms with Crippen molar-refractivity contribution in [3.8, 4) is 0 Å². The molecule has 0 radical (unpaired) electrons. The number of Topliss-reactive ketones (excluding diaryl/α,β-unsaturated/α-hetero) is 1. The number of rotatable bonds is 4. The number of amides is 1. The fraction of sp³-hybridized carbons (Fsp3) is 0.190. The van der Waals surface area contributed by atoms with Crippen molar-refractivity contribution in [1.82, 2.24) is 0 Å². The number of allylic oxidation sites excluding steroid dienone is 2. The fourth-order valence-corrected chi connectivity index (χ4v) is 3.20. The Morgan fingerprint density at radius 3 is 2.38 bits per heavy atom. The van der Waals surface area contributed by atoms with E-state index < -0.39 is 11.3 Å². The van der Waals surface area contributed by atoms with E-state index in [0.29, 0.717) is 10.7 Å². The lowest BCUT2D eigenvalue weighted by Gasteiger charge is -2.31. The van der Waals surface area contributed by atoms with Crippen LogP contribution < -0.4 is 5.32 Å².